The van der Waals surface area contributed by atoms with Crippen LogP contribution in [0.2, 0.25) is 0 Å². The Morgan fingerprint density at radius 1 is 1.19 bits per heavy atom. The number of hydrogen-bond donors (Lipinski definition) is 2. The van der Waals surface area contributed by atoms with Crippen molar-refractivity contribution in [2.75, 3.05) is 11.9 Å². The average Bonchev–Trinajstić information content (AvgIpc) is 3.36. The molecule has 2 N–H and O–H groups in total. The van der Waals surface area contributed by atoms with E-state index in [1.165, 1.54) is 4.90 Å². The fourth-order valence-corrected chi connectivity index (χ4v) is 4.31. The molecule has 5 rings (SSSR count). The number of carbonyl (C=O) groups excluding carboxylic acids is 2. The lowest BCUT2D eigenvalue weighted by Gasteiger charge is -2.22. The molecule has 2 aromatic carbocycles. The highest BCUT2D eigenvalue weighted by atomic mass is 16.2. The van der Waals surface area contributed by atoms with Crippen LogP contribution in [0.5, 0.6) is 0 Å². The first-order chi connectivity index (χ1) is 13.1. The van der Waals surface area contributed by atoms with Gasteiger partial charge in [-0.25, -0.2) is 0 Å². The number of para-hydroxylation sites is 2. The Labute approximate surface area is 155 Å². The number of nitrogens with zero attached hydrogens (tertiary/aromatic N) is 2. The lowest BCUT2D eigenvalue weighted by Crippen LogP contribution is -2.40. The number of aromatic nitrogens is 1. The van der Waals surface area contributed by atoms with Gasteiger partial charge in [0.25, 0.3) is 5.91 Å². The molecule has 2 amide bonds. The maximum atomic E-state index is 13.2. The number of rotatable bonds is 1. The zero-order chi connectivity index (χ0) is 18.6. The van der Waals surface area contributed by atoms with Gasteiger partial charge in [-0.2, -0.15) is 5.26 Å². The molecule has 0 radical (unpaired) electrons. The van der Waals surface area contributed by atoms with Crippen LogP contribution in [0.25, 0.3) is 10.9 Å². The van der Waals surface area contributed by atoms with Crippen molar-refractivity contribution in [2.24, 2.45) is 0 Å². The topological polar surface area (TPSA) is 89.0 Å². The summed E-state index contributed by atoms with van der Waals surface area (Å²) in [4.78, 5) is 30.6. The van der Waals surface area contributed by atoms with Crippen molar-refractivity contribution in [1.29, 1.82) is 5.26 Å². The number of nitrogens with one attached hydrogen (secondary N) is 2. The third-order valence-electron chi connectivity index (χ3n) is 5.65. The Hall–Kier alpha value is -3.59. The van der Waals surface area contributed by atoms with Gasteiger partial charge in [0.1, 0.15) is 11.7 Å². The predicted molar refractivity (Wildman–Crippen MR) is 100 cm³/mol. The molecule has 1 unspecified atom stereocenters. The molecule has 6 heteroatoms. The van der Waals surface area contributed by atoms with Crippen LogP contribution in [-0.4, -0.2) is 34.3 Å². The summed E-state index contributed by atoms with van der Waals surface area (Å²) in [5, 5.41) is 13.5. The van der Waals surface area contributed by atoms with Crippen LogP contribution < -0.4 is 5.32 Å². The summed E-state index contributed by atoms with van der Waals surface area (Å²) < 4.78 is 0. The number of aromatic amines is 1. The average molecular weight is 356 g/mol. The molecule has 1 saturated heterocycles. The number of amides is 2. The monoisotopic (exact) mass is 356 g/mol. The van der Waals surface area contributed by atoms with Gasteiger partial charge in [0.05, 0.1) is 11.5 Å². The normalized spacial score (nSPS) is 23.4. The smallest absolute Gasteiger partial charge is 0.271 e. The molecular weight excluding hydrogens is 340 g/mol. The van der Waals surface area contributed by atoms with Crippen molar-refractivity contribution < 1.29 is 9.59 Å². The number of likely N-dealkylation sites (tertiary alicyclic amines) is 1. The van der Waals surface area contributed by atoms with Crippen molar-refractivity contribution in [2.45, 2.75) is 17.9 Å². The highest BCUT2D eigenvalue weighted by Gasteiger charge is 2.56. The number of benzene rings is 2. The molecule has 132 valence electrons. The molecular formula is C21H16N4O2. The van der Waals surface area contributed by atoms with E-state index in [1.54, 1.807) is 6.07 Å². The van der Waals surface area contributed by atoms with Gasteiger partial charge in [0.2, 0.25) is 5.91 Å². The van der Waals surface area contributed by atoms with E-state index >= 15 is 0 Å². The highest BCUT2D eigenvalue weighted by Crippen LogP contribution is 2.46. The lowest BCUT2D eigenvalue weighted by atomic mass is 9.80. The zero-order valence-electron chi connectivity index (χ0n) is 14.4. The summed E-state index contributed by atoms with van der Waals surface area (Å²) >= 11 is 0. The van der Waals surface area contributed by atoms with Crippen LogP contribution in [0, 0.1) is 11.3 Å². The van der Waals surface area contributed by atoms with E-state index in [1.807, 2.05) is 48.5 Å². The maximum absolute atomic E-state index is 13.2. The fraction of sp³-hybridized carbons (Fsp3) is 0.190. The first-order valence-corrected chi connectivity index (χ1v) is 8.82. The van der Waals surface area contributed by atoms with E-state index in [0.717, 1.165) is 22.2 Å². The quantitative estimate of drug-likeness (QED) is 0.703. The minimum atomic E-state index is -0.862. The molecule has 1 spiro atoms. The van der Waals surface area contributed by atoms with Crippen molar-refractivity contribution >= 4 is 28.4 Å². The SMILES string of the molecule is N#CC1C[C@@]2(CN1C(=O)c1cc3ccccc3[nH]1)C(=O)Nc1ccccc12. The van der Waals surface area contributed by atoms with Crippen LogP contribution in [-0.2, 0) is 10.2 Å². The van der Waals surface area contributed by atoms with Gasteiger partial charge >= 0.3 is 0 Å². The molecule has 3 heterocycles. The van der Waals surface area contributed by atoms with Crippen LogP contribution >= 0.6 is 0 Å². The second-order valence-corrected chi connectivity index (χ2v) is 7.13. The number of anilines is 1. The van der Waals surface area contributed by atoms with E-state index in [-0.39, 0.29) is 18.4 Å². The van der Waals surface area contributed by atoms with Crippen molar-refractivity contribution in [3.8, 4) is 6.07 Å². The highest BCUT2D eigenvalue weighted by molar-refractivity contribution is 6.08. The molecule has 2 aliphatic heterocycles. The Kier molecular flexibility index (Phi) is 3.16. The van der Waals surface area contributed by atoms with Crippen LogP contribution in [0.15, 0.2) is 54.6 Å². The summed E-state index contributed by atoms with van der Waals surface area (Å²) in [6.45, 7) is 0.197. The van der Waals surface area contributed by atoms with Gasteiger partial charge in [0, 0.05) is 29.6 Å². The predicted octanol–water partition coefficient (Wildman–Crippen LogP) is 2.80. The standard InChI is InChI=1S/C21H16N4O2/c22-11-14-10-21(15-6-2-4-8-17(15)24-20(21)27)12-25(14)19(26)18-9-13-5-1-3-7-16(13)23-18/h1-9,14,23H,10,12H2,(H,24,27)/t14?,21-/m0/s1. The molecule has 2 aliphatic rings. The molecule has 0 aliphatic carbocycles. The first-order valence-electron chi connectivity index (χ1n) is 8.82. The van der Waals surface area contributed by atoms with E-state index in [0.29, 0.717) is 12.1 Å². The van der Waals surface area contributed by atoms with Crippen molar-refractivity contribution in [3.63, 3.8) is 0 Å². The maximum Gasteiger partial charge on any atom is 0.271 e. The van der Waals surface area contributed by atoms with Gasteiger partial charge in [-0.15, -0.1) is 0 Å². The Balaban J connectivity index is 1.55. The summed E-state index contributed by atoms with van der Waals surface area (Å²) in [5.41, 5.74) is 2.06. The van der Waals surface area contributed by atoms with Gasteiger partial charge in [-0.05, 0) is 23.8 Å². The van der Waals surface area contributed by atoms with Gasteiger partial charge in [-0.3, -0.25) is 9.59 Å². The fourth-order valence-electron chi connectivity index (χ4n) is 4.31. The van der Waals surface area contributed by atoms with E-state index < -0.39 is 11.5 Å². The summed E-state index contributed by atoms with van der Waals surface area (Å²) in [6, 6.07) is 18.5. The number of carbonyl (C=O) groups is 2. The second-order valence-electron chi connectivity index (χ2n) is 7.13. The molecule has 6 nitrogen and oxygen atoms in total. The lowest BCUT2D eigenvalue weighted by molar-refractivity contribution is -0.120. The van der Waals surface area contributed by atoms with E-state index in [9.17, 15) is 14.9 Å². The second kappa shape index (κ2) is 5.45. The molecule has 1 fully saturated rings. The third kappa shape index (κ3) is 2.12. The Bertz CT molecular complexity index is 1110. The van der Waals surface area contributed by atoms with Crippen LogP contribution in [0.1, 0.15) is 22.5 Å². The van der Waals surface area contributed by atoms with E-state index in [2.05, 4.69) is 16.4 Å². The number of H-pyrrole nitrogens is 1. The van der Waals surface area contributed by atoms with Gasteiger partial charge in [0.15, 0.2) is 0 Å². The molecule has 0 bridgehead atoms. The Morgan fingerprint density at radius 2 is 1.96 bits per heavy atom. The summed E-state index contributed by atoms with van der Waals surface area (Å²) in [7, 11) is 0. The largest absolute Gasteiger partial charge is 0.351 e. The van der Waals surface area contributed by atoms with Crippen LogP contribution in [0.3, 0.4) is 0 Å². The minimum absolute atomic E-state index is 0.143. The molecule has 1 aromatic heterocycles. The molecule has 27 heavy (non-hydrogen) atoms. The Morgan fingerprint density at radius 3 is 2.78 bits per heavy atom. The zero-order valence-corrected chi connectivity index (χ0v) is 14.4. The van der Waals surface area contributed by atoms with E-state index in [4.69, 9.17) is 0 Å². The molecule has 0 saturated carbocycles. The van der Waals surface area contributed by atoms with Crippen LogP contribution in [0.4, 0.5) is 5.69 Å². The van der Waals surface area contributed by atoms with Crippen molar-refractivity contribution in [3.05, 3.63) is 65.9 Å². The minimum Gasteiger partial charge on any atom is -0.351 e. The number of fused-ring (bicyclic) bond motifs is 3. The number of hydrogen-bond acceptors (Lipinski definition) is 3. The molecule has 2 atom stereocenters. The number of nitriles is 1. The van der Waals surface area contributed by atoms with Crippen molar-refractivity contribution in [1.82, 2.24) is 9.88 Å². The third-order valence-corrected chi connectivity index (χ3v) is 5.65. The first kappa shape index (κ1) is 15.6. The van der Waals surface area contributed by atoms with Gasteiger partial charge < -0.3 is 15.2 Å². The summed E-state index contributed by atoms with van der Waals surface area (Å²) in [6.07, 6.45) is 0.304. The van der Waals surface area contributed by atoms with Gasteiger partial charge in [-0.1, -0.05) is 36.4 Å². The summed E-state index contributed by atoms with van der Waals surface area (Å²) in [5.74, 6) is -0.400. The molecule has 3 aromatic rings.